The zero-order chi connectivity index (χ0) is 13.7. The van der Waals surface area contributed by atoms with E-state index in [1.54, 1.807) is 18.2 Å². The van der Waals surface area contributed by atoms with Crippen LogP contribution in [0.1, 0.15) is 10.4 Å². The van der Waals surface area contributed by atoms with Crippen molar-refractivity contribution in [1.82, 2.24) is 9.97 Å². The highest BCUT2D eigenvalue weighted by Crippen LogP contribution is 2.21. The molecule has 2 aromatic rings. The van der Waals surface area contributed by atoms with Crippen LogP contribution in [0, 0.1) is 0 Å². The summed E-state index contributed by atoms with van der Waals surface area (Å²) in [5.41, 5.74) is 0.548. The SMILES string of the molecule is O=C(O)c1ccccc1-c1ncc(OCCF)cn1. The zero-order valence-electron chi connectivity index (χ0n) is 9.91. The molecule has 0 atom stereocenters. The fourth-order valence-electron chi connectivity index (χ4n) is 1.55. The number of nitrogens with zero attached hydrogens (tertiary/aromatic N) is 2. The van der Waals surface area contributed by atoms with Crippen molar-refractivity contribution in [1.29, 1.82) is 0 Å². The lowest BCUT2D eigenvalue weighted by molar-refractivity contribution is 0.0697. The molecule has 0 bridgehead atoms. The number of benzene rings is 1. The van der Waals surface area contributed by atoms with Gasteiger partial charge in [0.25, 0.3) is 0 Å². The van der Waals surface area contributed by atoms with Gasteiger partial charge in [-0.2, -0.15) is 0 Å². The predicted octanol–water partition coefficient (Wildman–Crippen LogP) is 2.19. The van der Waals surface area contributed by atoms with Crippen molar-refractivity contribution < 1.29 is 19.0 Å². The molecule has 0 spiro atoms. The summed E-state index contributed by atoms with van der Waals surface area (Å²) in [7, 11) is 0. The van der Waals surface area contributed by atoms with Crippen LogP contribution in [0.25, 0.3) is 11.4 Å². The molecule has 0 aliphatic heterocycles. The predicted molar refractivity (Wildman–Crippen MR) is 65.9 cm³/mol. The monoisotopic (exact) mass is 262 g/mol. The van der Waals surface area contributed by atoms with Crippen LogP contribution in [-0.2, 0) is 0 Å². The number of hydrogen-bond acceptors (Lipinski definition) is 4. The fraction of sp³-hybridized carbons (Fsp3) is 0.154. The molecule has 6 heteroatoms. The molecule has 0 aliphatic rings. The summed E-state index contributed by atoms with van der Waals surface area (Å²) in [6, 6.07) is 6.44. The average molecular weight is 262 g/mol. The quantitative estimate of drug-likeness (QED) is 0.894. The van der Waals surface area contributed by atoms with Gasteiger partial charge in [0.2, 0.25) is 0 Å². The Kier molecular flexibility index (Phi) is 4.02. The molecular formula is C13H11FN2O3. The lowest BCUT2D eigenvalue weighted by atomic mass is 10.1. The van der Waals surface area contributed by atoms with Crippen LogP contribution in [-0.4, -0.2) is 34.3 Å². The number of carboxylic acids is 1. The molecule has 1 heterocycles. The van der Waals surface area contributed by atoms with Gasteiger partial charge >= 0.3 is 5.97 Å². The van der Waals surface area contributed by atoms with Gasteiger partial charge in [-0.3, -0.25) is 0 Å². The number of alkyl halides is 1. The van der Waals surface area contributed by atoms with E-state index < -0.39 is 12.6 Å². The number of carboxylic acid groups (broad SMARTS) is 1. The van der Waals surface area contributed by atoms with Gasteiger partial charge in [0.1, 0.15) is 13.3 Å². The average Bonchev–Trinajstić information content (AvgIpc) is 2.45. The molecule has 0 radical (unpaired) electrons. The van der Waals surface area contributed by atoms with Crippen molar-refractivity contribution in [3.63, 3.8) is 0 Å². The van der Waals surface area contributed by atoms with E-state index in [-0.39, 0.29) is 18.0 Å². The zero-order valence-corrected chi connectivity index (χ0v) is 9.91. The van der Waals surface area contributed by atoms with Crippen LogP contribution in [0.2, 0.25) is 0 Å². The third-order valence-electron chi connectivity index (χ3n) is 2.37. The lowest BCUT2D eigenvalue weighted by Crippen LogP contribution is -2.03. The summed E-state index contributed by atoms with van der Waals surface area (Å²) in [6.07, 6.45) is 2.77. The summed E-state index contributed by atoms with van der Waals surface area (Å²) >= 11 is 0. The Bertz CT molecular complexity index is 572. The Hall–Kier alpha value is -2.50. The van der Waals surface area contributed by atoms with Crippen molar-refractivity contribution in [2.45, 2.75) is 0 Å². The summed E-state index contributed by atoms with van der Waals surface area (Å²) in [6.45, 7) is -0.655. The van der Waals surface area contributed by atoms with E-state index in [2.05, 4.69) is 9.97 Å². The molecular weight excluding hydrogens is 251 g/mol. The van der Waals surface area contributed by atoms with Gasteiger partial charge < -0.3 is 9.84 Å². The standard InChI is InChI=1S/C13H11FN2O3/c14-5-6-19-9-7-15-12(16-8-9)10-3-1-2-4-11(10)13(17)18/h1-4,7-8H,5-6H2,(H,17,18). The topological polar surface area (TPSA) is 72.3 Å². The first-order valence-electron chi connectivity index (χ1n) is 5.56. The Labute approximate surface area is 108 Å². The second kappa shape index (κ2) is 5.90. The van der Waals surface area contributed by atoms with Gasteiger partial charge in [0.15, 0.2) is 11.6 Å². The maximum Gasteiger partial charge on any atom is 0.336 e. The molecule has 0 saturated heterocycles. The minimum absolute atomic E-state index is 0.0611. The largest absolute Gasteiger partial charge is 0.488 e. The van der Waals surface area contributed by atoms with Crippen LogP contribution in [0.15, 0.2) is 36.7 Å². The van der Waals surface area contributed by atoms with Crippen LogP contribution in [0.5, 0.6) is 5.75 Å². The molecule has 0 unspecified atom stereocenters. The maximum atomic E-state index is 11.9. The fourth-order valence-corrected chi connectivity index (χ4v) is 1.55. The van der Waals surface area contributed by atoms with Crippen molar-refractivity contribution in [3.05, 3.63) is 42.2 Å². The minimum atomic E-state index is -1.04. The van der Waals surface area contributed by atoms with Crippen molar-refractivity contribution in [3.8, 4) is 17.1 Å². The normalized spacial score (nSPS) is 10.2. The molecule has 1 N–H and O–H groups in total. The molecule has 0 amide bonds. The van der Waals surface area contributed by atoms with Crippen LogP contribution in [0.3, 0.4) is 0 Å². The number of rotatable bonds is 5. The molecule has 0 saturated carbocycles. The molecule has 5 nitrogen and oxygen atoms in total. The number of hydrogen-bond donors (Lipinski definition) is 1. The molecule has 1 aromatic heterocycles. The first kappa shape index (κ1) is 12.9. The molecule has 98 valence electrons. The number of halogens is 1. The smallest absolute Gasteiger partial charge is 0.336 e. The number of aromatic carboxylic acids is 1. The van der Waals surface area contributed by atoms with Gasteiger partial charge in [0, 0.05) is 5.56 Å². The molecule has 0 fully saturated rings. The van der Waals surface area contributed by atoms with Gasteiger partial charge in [-0.05, 0) is 6.07 Å². The summed E-state index contributed by atoms with van der Waals surface area (Å²) in [4.78, 5) is 19.1. The van der Waals surface area contributed by atoms with E-state index in [9.17, 15) is 9.18 Å². The first-order valence-corrected chi connectivity index (χ1v) is 5.56. The maximum absolute atomic E-state index is 11.9. The second-order valence-corrected chi connectivity index (χ2v) is 3.63. The van der Waals surface area contributed by atoms with E-state index in [4.69, 9.17) is 9.84 Å². The first-order chi connectivity index (χ1) is 9.22. The van der Waals surface area contributed by atoms with E-state index in [1.807, 2.05) is 0 Å². The van der Waals surface area contributed by atoms with Crippen molar-refractivity contribution >= 4 is 5.97 Å². The Morgan fingerprint density at radius 1 is 1.26 bits per heavy atom. The Balaban J connectivity index is 2.30. The van der Waals surface area contributed by atoms with E-state index >= 15 is 0 Å². The van der Waals surface area contributed by atoms with Gasteiger partial charge in [-0.15, -0.1) is 0 Å². The third kappa shape index (κ3) is 3.04. The van der Waals surface area contributed by atoms with E-state index in [1.165, 1.54) is 18.5 Å². The summed E-state index contributed by atoms with van der Waals surface area (Å²) < 4.78 is 16.9. The Morgan fingerprint density at radius 2 is 1.95 bits per heavy atom. The van der Waals surface area contributed by atoms with Crippen molar-refractivity contribution in [2.75, 3.05) is 13.3 Å². The summed E-state index contributed by atoms with van der Waals surface area (Å²) in [5.74, 6) is -0.420. The van der Waals surface area contributed by atoms with Gasteiger partial charge in [-0.1, -0.05) is 18.2 Å². The molecule has 19 heavy (non-hydrogen) atoms. The molecule has 0 aliphatic carbocycles. The third-order valence-corrected chi connectivity index (χ3v) is 2.37. The second-order valence-electron chi connectivity index (χ2n) is 3.63. The van der Waals surface area contributed by atoms with Crippen LogP contribution >= 0.6 is 0 Å². The lowest BCUT2D eigenvalue weighted by Gasteiger charge is -2.06. The van der Waals surface area contributed by atoms with Crippen LogP contribution < -0.4 is 4.74 Å². The Morgan fingerprint density at radius 3 is 2.58 bits per heavy atom. The number of ether oxygens (including phenoxy) is 1. The van der Waals surface area contributed by atoms with E-state index in [0.29, 0.717) is 11.3 Å². The van der Waals surface area contributed by atoms with E-state index in [0.717, 1.165) is 0 Å². The number of carbonyl (C=O) groups is 1. The van der Waals surface area contributed by atoms with Gasteiger partial charge in [0.05, 0.1) is 18.0 Å². The number of aromatic nitrogens is 2. The molecule has 2 rings (SSSR count). The highest BCUT2D eigenvalue weighted by molar-refractivity contribution is 5.94. The van der Waals surface area contributed by atoms with Gasteiger partial charge in [-0.25, -0.2) is 19.2 Å². The highest BCUT2D eigenvalue weighted by atomic mass is 19.1. The van der Waals surface area contributed by atoms with Crippen molar-refractivity contribution in [2.24, 2.45) is 0 Å². The summed E-state index contributed by atoms with van der Waals surface area (Å²) in [5, 5.41) is 9.08. The molecule has 1 aromatic carbocycles. The minimum Gasteiger partial charge on any atom is -0.488 e. The highest BCUT2D eigenvalue weighted by Gasteiger charge is 2.12. The van der Waals surface area contributed by atoms with Crippen LogP contribution in [0.4, 0.5) is 4.39 Å².